The number of benzene rings is 2. The van der Waals surface area contributed by atoms with E-state index >= 15 is 0 Å². The number of carbonyl (C=O) groups is 1. The van der Waals surface area contributed by atoms with Gasteiger partial charge in [-0.1, -0.05) is 12.1 Å². The molecule has 2 heterocycles. The van der Waals surface area contributed by atoms with Crippen molar-refractivity contribution in [2.24, 2.45) is 0 Å². The standard InChI is InChI=1S/C20H20O10/c21-9-5-11(22)14-13(6-9)30-19(17(26)16(14)25)8-1-3-10(4-2-8)29-20-18(27)15(24)12(23)7-28-20/h1-6,12,15,17-24,26-27H,7H2. The van der Waals surface area contributed by atoms with Crippen LogP contribution in [0.4, 0.5) is 0 Å². The van der Waals surface area contributed by atoms with Gasteiger partial charge in [-0.05, 0) is 17.7 Å². The SMILES string of the molecule is O=C1c2c(O)cc(O)cc2OC(c2ccc(OC3OCC(O)C(O)C3O)cc2)C1O. The number of phenols is 2. The Bertz CT molecular complexity index is 943. The topological polar surface area (TPSA) is 166 Å². The van der Waals surface area contributed by atoms with E-state index in [9.17, 15) is 35.4 Å². The van der Waals surface area contributed by atoms with Gasteiger partial charge in [0.05, 0.1) is 6.61 Å². The summed E-state index contributed by atoms with van der Waals surface area (Å²) in [5.41, 5.74) is 0.206. The van der Waals surface area contributed by atoms with Crippen molar-refractivity contribution in [2.45, 2.75) is 36.8 Å². The van der Waals surface area contributed by atoms with Crippen molar-refractivity contribution in [1.82, 2.24) is 0 Å². The largest absolute Gasteiger partial charge is 0.508 e. The summed E-state index contributed by atoms with van der Waals surface area (Å²) >= 11 is 0. The van der Waals surface area contributed by atoms with Gasteiger partial charge < -0.3 is 44.8 Å². The van der Waals surface area contributed by atoms with Crippen molar-refractivity contribution in [3.05, 3.63) is 47.5 Å². The highest BCUT2D eigenvalue weighted by Gasteiger charge is 2.40. The average molecular weight is 420 g/mol. The highest BCUT2D eigenvalue weighted by atomic mass is 16.7. The first-order valence-electron chi connectivity index (χ1n) is 9.13. The highest BCUT2D eigenvalue weighted by Crippen LogP contribution is 2.42. The van der Waals surface area contributed by atoms with Gasteiger partial charge in [-0.25, -0.2) is 0 Å². The van der Waals surface area contributed by atoms with Gasteiger partial charge in [0.25, 0.3) is 0 Å². The lowest BCUT2D eigenvalue weighted by Gasteiger charge is -2.35. The number of aromatic hydroxyl groups is 2. The fraction of sp³-hybridized carbons (Fsp3) is 0.350. The summed E-state index contributed by atoms with van der Waals surface area (Å²) in [7, 11) is 0. The van der Waals surface area contributed by atoms with E-state index < -0.39 is 48.3 Å². The first kappa shape index (κ1) is 20.4. The zero-order valence-electron chi connectivity index (χ0n) is 15.5. The van der Waals surface area contributed by atoms with Gasteiger partial charge in [0.2, 0.25) is 12.1 Å². The van der Waals surface area contributed by atoms with Crippen LogP contribution in [0.1, 0.15) is 22.0 Å². The Morgan fingerprint density at radius 1 is 0.967 bits per heavy atom. The molecule has 6 atom stereocenters. The molecular formula is C20H20O10. The van der Waals surface area contributed by atoms with Crippen LogP contribution in [-0.4, -0.2) is 73.7 Å². The minimum absolute atomic E-state index is 0.0561. The Kier molecular flexibility index (Phi) is 5.26. The molecule has 2 aromatic carbocycles. The van der Waals surface area contributed by atoms with E-state index in [-0.39, 0.29) is 29.4 Å². The monoisotopic (exact) mass is 420 g/mol. The van der Waals surface area contributed by atoms with Crippen LogP contribution in [0.5, 0.6) is 23.0 Å². The number of rotatable bonds is 3. The van der Waals surface area contributed by atoms with Gasteiger partial charge >= 0.3 is 0 Å². The summed E-state index contributed by atoms with van der Waals surface area (Å²) in [6.45, 7) is -0.204. The van der Waals surface area contributed by atoms with Gasteiger partial charge in [-0.2, -0.15) is 0 Å². The van der Waals surface area contributed by atoms with Crippen molar-refractivity contribution in [2.75, 3.05) is 6.61 Å². The molecule has 1 fully saturated rings. The molecule has 6 unspecified atom stereocenters. The molecule has 160 valence electrons. The van der Waals surface area contributed by atoms with E-state index in [1.807, 2.05) is 0 Å². The molecule has 2 aliphatic heterocycles. The number of ether oxygens (including phenoxy) is 3. The zero-order valence-corrected chi connectivity index (χ0v) is 15.5. The third kappa shape index (κ3) is 3.55. The Hall–Kier alpha value is -2.89. The van der Waals surface area contributed by atoms with E-state index in [0.29, 0.717) is 5.56 Å². The predicted molar refractivity (Wildman–Crippen MR) is 98.3 cm³/mol. The van der Waals surface area contributed by atoms with E-state index in [1.165, 1.54) is 30.3 Å². The zero-order chi connectivity index (χ0) is 21.6. The normalized spacial score (nSPS) is 31.0. The van der Waals surface area contributed by atoms with Crippen molar-refractivity contribution in [3.8, 4) is 23.0 Å². The molecule has 0 aromatic heterocycles. The minimum atomic E-state index is -1.58. The predicted octanol–water partition coefficient (Wildman–Crippen LogP) is -0.407. The number of Topliss-reactive ketones (excluding diaryl/α,β-unsaturated/α-hetero) is 1. The maximum atomic E-state index is 12.5. The molecule has 30 heavy (non-hydrogen) atoms. The summed E-state index contributed by atoms with van der Waals surface area (Å²) in [5, 5.41) is 59.0. The second-order valence-corrected chi connectivity index (χ2v) is 7.12. The molecule has 2 aromatic rings. The van der Waals surface area contributed by atoms with E-state index in [2.05, 4.69) is 0 Å². The molecule has 1 saturated heterocycles. The first-order chi connectivity index (χ1) is 14.3. The molecule has 0 bridgehead atoms. The van der Waals surface area contributed by atoms with Crippen molar-refractivity contribution in [3.63, 3.8) is 0 Å². The van der Waals surface area contributed by atoms with Gasteiger partial charge in [-0.3, -0.25) is 4.79 Å². The number of hydrogen-bond donors (Lipinski definition) is 6. The van der Waals surface area contributed by atoms with E-state index in [1.54, 1.807) is 0 Å². The summed E-state index contributed by atoms with van der Waals surface area (Å²) in [4.78, 5) is 12.5. The second kappa shape index (κ2) is 7.74. The number of fused-ring (bicyclic) bond motifs is 1. The van der Waals surface area contributed by atoms with Crippen molar-refractivity contribution < 1.29 is 49.6 Å². The third-order valence-corrected chi connectivity index (χ3v) is 5.04. The minimum Gasteiger partial charge on any atom is -0.508 e. The summed E-state index contributed by atoms with van der Waals surface area (Å²) in [5.74, 6) is -1.32. The fourth-order valence-corrected chi connectivity index (χ4v) is 3.42. The summed E-state index contributed by atoms with van der Waals surface area (Å²) in [6.07, 6.45) is -7.94. The number of hydrogen-bond acceptors (Lipinski definition) is 10. The van der Waals surface area contributed by atoms with Crippen molar-refractivity contribution >= 4 is 5.78 Å². The van der Waals surface area contributed by atoms with Crippen LogP contribution in [0.15, 0.2) is 36.4 Å². The summed E-state index contributed by atoms with van der Waals surface area (Å²) in [6, 6.07) is 8.16. The molecule has 0 amide bonds. The Balaban J connectivity index is 1.52. The maximum absolute atomic E-state index is 12.5. The highest BCUT2D eigenvalue weighted by molar-refractivity contribution is 6.05. The molecule has 4 rings (SSSR count). The Morgan fingerprint density at radius 3 is 2.37 bits per heavy atom. The lowest BCUT2D eigenvalue weighted by molar-refractivity contribution is -0.242. The van der Waals surface area contributed by atoms with Crippen LogP contribution in [-0.2, 0) is 4.74 Å². The molecule has 6 N–H and O–H groups in total. The van der Waals surface area contributed by atoms with Crippen molar-refractivity contribution in [1.29, 1.82) is 0 Å². The lowest BCUT2D eigenvalue weighted by Crippen LogP contribution is -2.54. The molecule has 0 spiro atoms. The Morgan fingerprint density at radius 2 is 1.67 bits per heavy atom. The van der Waals surface area contributed by atoms with Gasteiger partial charge in [0, 0.05) is 12.1 Å². The van der Waals surface area contributed by atoms with E-state index in [4.69, 9.17) is 14.2 Å². The molecule has 0 saturated carbocycles. The molecule has 0 aliphatic carbocycles. The van der Waals surface area contributed by atoms with Crippen LogP contribution in [0.3, 0.4) is 0 Å². The maximum Gasteiger partial charge on any atom is 0.228 e. The smallest absolute Gasteiger partial charge is 0.228 e. The van der Waals surface area contributed by atoms with Crippen LogP contribution >= 0.6 is 0 Å². The summed E-state index contributed by atoms with van der Waals surface area (Å²) < 4.78 is 16.3. The first-order valence-corrected chi connectivity index (χ1v) is 9.13. The molecule has 0 radical (unpaired) electrons. The van der Waals surface area contributed by atoms with Crippen LogP contribution in [0.25, 0.3) is 0 Å². The number of carbonyl (C=O) groups excluding carboxylic acids is 1. The van der Waals surface area contributed by atoms with E-state index in [0.717, 1.165) is 6.07 Å². The lowest BCUT2D eigenvalue weighted by atomic mass is 9.93. The van der Waals surface area contributed by atoms with Crippen LogP contribution < -0.4 is 9.47 Å². The number of aliphatic hydroxyl groups excluding tert-OH is 4. The number of phenolic OH excluding ortho intramolecular Hbond substituents is 2. The molecule has 10 heteroatoms. The number of aliphatic hydroxyl groups is 4. The van der Waals surface area contributed by atoms with Crippen LogP contribution in [0, 0.1) is 0 Å². The van der Waals surface area contributed by atoms with Crippen LogP contribution in [0.2, 0.25) is 0 Å². The fourth-order valence-electron chi connectivity index (χ4n) is 3.42. The third-order valence-electron chi connectivity index (χ3n) is 5.04. The Labute approximate surface area is 170 Å². The quantitative estimate of drug-likeness (QED) is 0.384. The molecule has 2 aliphatic rings. The van der Waals surface area contributed by atoms with Gasteiger partial charge in [0.1, 0.15) is 46.9 Å². The molecular weight excluding hydrogens is 400 g/mol. The van der Waals surface area contributed by atoms with Gasteiger partial charge in [-0.15, -0.1) is 0 Å². The van der Waals surface area contributed by atoms with Gasteiger partial charge in [0.15, 0.2) is 12.2 Å². The molecule has 10 nitrogen and oxygen atoms in total. The average Bonchev–Trinajstić information content (AvgIpc) is 2.71. The number of ketones is 1. The second-order valence-electron chi connectivity index (χ2n) is 7.12.